The van der Waals surface area contributed by atoms with Crippen LogP contribution in [0.2, 0.25) is 0 Å². The average molecular weight is 548 g/mol. The van der Waals surface area contributed by atoms with Crippen LogP contribution in [-0.4, -0.2) is 57.2 Å². The van der Waals surface area contributed by atoms with Crippen LogP contribution in [-0.2, 0) is 9.47 Å². The molecule has 1 unspecified atom stereocenters. The number of nitrogen functional groups attached to an aromatic ring is 1. The van der Waals surface area contributed by atoms with Crippen LogP contribution in [0.5, 0.6) is 0 Å². The van der Waals surface area contributed by atoms with Crippen LogP contribution in [0.3, 0.4) is 0 Å². The number of benzene rings is 1. The standard InChI is InChI=1S/C26H26BrN7O2/c27-17-5-1-4-16(12-17)19-13-21(31-26-24(19)25(28)29-15-30-26)20-8-9-22(33-32-20)34-10-2-6-18(14-34)36-23-7-3-11-35-23/h1,4-5,8-9,12-13,15,18,23H,2-3,6-7,10-11,14H2,(H2,28,29,30,31)/t18-,23?/m0/s1. The number of hydrogen-bond acceptors (Lipinski definition) is 9. The van der Waals surface area contributed by atoms with Crippen molar-refractivity contribution in [3.63, 3.8) is 0 Å². The van der Waals surface area contributed by atoms with Gasteiger partial charge in [0, 0.05) is 30.6 Å². The van der Waals surface area contributed by atoms with Gasteiger partial charge in [-0.1, -0.05) is 28.1 Å². The zero-order chi connectivity index (χ0) is 24.5. The quantitative estimate of drug-likeness (QED) is 0.382. The lowest BCUT2D eigenvalue weighted by Gasteiger charge is -2.34. The van der Waals surface area contributed by atoms with Gasteiger partial charge in [0.05, 0.1) is 17.2 Å². The van der Waals surface area contributed by atoms with E-state index in [1.54, 1.807) is 0 Å². The van der Waals surface area contributed by atoms with E-state index in [0.717, 1.165) is 72.2 Å². The highest BCUT2D eigenvalue weighted by atomic mass is 79.9. The van der Waals surface area contributed by atoms with E-state index in [-0.39, 0.29) is 12.4 Å². The Hall–Kier alpha value is -3.21. The van der Waals surface area contributed by atoms with Crippen LogP contribution in [0.1, 0.15) is 25.7 Å². The van der Waals surface area contributed by atoms with Crippen LogP contribution in [0.4, 0.5) is 11.6 Å². The summed E-state index contributed by atoms with van der Waals surface area (Å²) in [4.78, 5) is 15.5. The van der Waals surface area contributed by atoms with Gasteiger partial charge in [-0.05, 0) is 60.7 Å². The van der Waals surface area contributed by atoms with Crippen molar-refractivity contribution in [2.24, 2.45) is 0 Å². The van der Waals surface area contributed by atoms with Crippen molar-refractivity contribution >= 4 is 38.6 Å². The first kappa shape index (κ1) is 23.2. The Morgan fingerprint density at radius 2 is 1.97 bits per heavy atom. The van der Waals surface area contributed by atoms with Crippen molar-refractivity contribution in [1.29, 1.82) is 0 Å². The minimum Gasteiger partial charge on any atom is -0.383 e. The molecule has 10 heteroatoms. The number of halogens is 1. The normalized spacial score (nSPS) is 20.2. The molecule has 5 heterocycles. The molecule has 0 saturated carbocycles. The lowest BCUT2D eigenvalue weighted by molar-refractivity contribution is -0.145. The molecule has 1 aromatic carbocycles. The molecule has 184 valence electrons. The molecule has 2 aliphatic heterocycles. The maximum atomic E-state index is 6.23. The molecule has 36 heavy (non-hydrogen) atoms. The second kappa shape index (κ2) is 10.0. The van der Waals surface area contributed by atoms with Gasteiger partial charge in [-0.3, -0.25) is 0 Å². The SMILES string of the molecule is Nc1ncnc2nc(-c3ccc(N4CCC[C@H](OC5CCCO5)C4)nn3)cc(-c3cccc(Br)c3)c12. The third-order valence-electron chi connectivity index (χ3n) is 6.62. The maximum absolute atomic E-state index is 6.23. The summed E-state index contributed by atoms with van der Waals surface area (Å²) in [5.74, 6) is 1.22. The van der Waals surface area contributed by atoms with Crippen molar-refractivity contribution in [2.75, 3.05) is 30.3 Å². The number of ether oxygens (including phenoxy) is 2. The van der Waals surface area contributed by atoms with Gasteiger partial charge in [0.1, 0.15) is 17.8 Å². The zero-order valence-electron chi connectivity index (χ0n) is 19.7. The number of anilines is 2. The summed E-state index contributed by atoms with van der Waals surface area (Å²) in [6.07, 6.45) is 5.62. The Morgan fingerprint density at radius 1 is 1.03 bits per heavy atom. The fourth-order valence-electron chi connectivity index (χ4n) is 4.86. The summed E-state index contributed by atoms with van der Waals surface area (Å²) >= 11 is 3.56. The molecule has 0 radical (unpaired) electrons. The van der Waals surface area contributed by atoms with E-state index < -0.39 is 0 Å². The Morgan fingerprint density at radius 3 is 2.78 bits per heavy atom. The summed E-state index contributed by atoms with van der Waals surface area (Å²) in [6, 6.07) is 13.9. The molecule has 0 aliphatic carbocycles. The van der Waals surface area contributed by atoms with Crippen LogP contribution in [0.25, 0.3) is 33.5 Å². The minimum absolute atomic E-state index is 0.0698. The van der Waals surface area contributed by atoms with Gasteiger partial charge in [0.2, 0.25) is 0 Å². The van der Waals surface area contributed by atoms with Crippen LogP contribution >= 0.6 is 15.9 Å². The maximum Gasteiger partial charge on any atom is 0.165 e. The monoisotopic (exact) mass is 547 g/mol. The summed E-state index contributed by atoms with van der Waals surface area (Å²) in [6.45, 7) is 2.50. The van der Waals surface area contributed by atoms with Gasteiger partial charge in [-0.25, -0.2) is 15.0 Å². The van der Waals surface area contributed by atoms with Gasteiger partial charge < -0.3 is 20.1 Å². The molecule has 0 bridgehead atoms. The highest BCUT2D eigenvalue weighted by Crippen LogP contribution is 2.34. The lowest BCUT2D eigenvalue weighted by Crippen LogP contribution is -2.41. The number of pyridine rings is 1. The van der Waals surface area contributed by atoms with Crippen molar-refractivity contribution in [3.8, 4) is 22.5 Å². The molecule has 4 aromatic rings. The topological polar surface area (TPSA) is 112 Å². The summed E-state index contributed by atoms with van der Waals surface area (Å²) in [5, 5.41) is 9.79. The predicted octanol–water partition coefficient (Wildman–Crippen LogP) is 4.62. The number of fused-ring (bicyclic) bond motifs is 1. The van der Waals surface area contributed by atoms with E-state index in [1.165, 1.54) is 6.33 Å². The van der Waals surface area contributed by atoms with Crippen LogP contribution < -0.4 is 10.6 Å². The highest BCUT2D eigenvalue weighted by molar-refractivity contribution is 9.10. The molecule has 2 saturated heterocycles. The Kier molecular flexibility index (Phi) is 6.47. The van der Waals surface area contributed by atoms with E-state index in [4.69, 9.17) is 20.2 Å². The van der Waals surface area contributed by atoms with Gasteiger partial charge >= 0.3 is 0 Å². The second-order valence-corrected chi connectivity index (χ2v) is 10.0. The fourth-order valence-corrected chi connectivity index (χ4v) is 5.26. The van der Waals surface area contributed by atoms with Crippen LogP contribution in [0, 0.1) is 0 Å². The molecular formula is C26H26BrN7O2. The predicted molar refractivity (Wildman–Crippen MR) is 141 cm³/mol. The highest BCUT2D eigenvalue weighted by Gasteiger charge is 2.26. The first-order chi connectivity index (χ1) is 17.6. The molecule has 2 aliphatic rings. The van der Waals surface area contributed by atoms with E-state index >= 15 is 0 Å². The van der Waals surface area contributed by atoms with Crippen molar-refractivity contribution in [1.82, 2.24) is 25.1 Å². The summed E-state index contributed by atoms with van der Waals surface area (Å²) in [5.41, 5.74) is 9.97. The molecule has 2 N–H and O–H groups in total. The zero-order valence-corrected chi connectivity index (χ0v) is 21.3. The average Bonchev–Trinajstić information content (AvgIpc) is 3.41. The second-order valence-electron chi connectivity index (χ2n) is 9.09. The number of rotatable bonds is 5. The van der Waals surface area contributed by atoms with Crippen molar-refractivity contribution in [2.45, 2.75) is 38.1 Å². The third-order valence-corrected chi connectivity index (χ3v) is 7.11. The first-order valence-corrected chi connectivity index (χ1v) is 13.0. The number of piperidine rings is 1. The van der Waals surface area contributed by atoms with Gasteiger partial charge in [-0.15, -0.1) is 10.2 Å². The van der Waals surface area contributed by atoms with Crippen molar-refractivity contribution < 1.29 is 9.47 Å². The smallest absolute Gasteiger partial charge is 0.165 e. The minimum atomic E-state index is -0.0698. The van der Waals surface area contributed by atoms with Gasteiger partial charge in [0.25, 0.3) is 0 Å². The van der Waals surface area contributed by atoms with E-state index in [0.29, 0.717) is 22.9 Å². The fraction of sp³-hybridized carbons (Fsp3) is 0.346. The summed E-state index contributed by atoms with van der Waals surface area (Å²) < 4.78 is 12.8. The molecular weight excluding hydrogens is 522 g/mol. The largest absolute Gasteiger partial charge is 0.383 e. The number of aromatic nitrogens is 5. The molecule has 2 atom stereocenters. The van der Waals surface area contributed by atoms with Gasteiger partial charge in [0.15, 0.2) is 17.8 Å². The molecule has 0 spiro atoms. The van der Waals surface area contributed by atoms with E-state index in [9.17, 15) is 0 Å². The lowest BCUT2D eigenvalue weighted by atomic mass is 10.0. The number of hydrogen-bond donors (Lipinski definition) is 1. The van der Waals surface area contributed by atoms with Gasteiger partial charge in [-0.2, -0.15) is 0 Å². The molecule has 0 amide bonds. The Balaban J connectivity index is 1.29. The Labute approximate surface area is 217 Å². The molecule has 2 fully saturated rings. The van der Waals surface area contributed by atoms with Crippen molar-refractivity contribution in [3.05, 3.63) is 53.3 Å². The molecule has 3 aromatic heterocycles. The first-order valence-electron chi connectivity index (χ1n) is 12.2. The van der Waals surface area contributed by atoms with E-state index in [1.807, 2.05) is 42.5 Å². The summed E-state index contributed by atoms with van der Waals surface area (Å²) in [7, 11) is 0. The van der Waals surface area contributed by atoms with E-state index in [2.05, 4.69) is 41.0 Å². The Bertz CT molecular complexity index is 1380. The molecule has 9 nitrogen and oxygen atoms in total. The molecule has 6 rings (SSSR count). The number of nitrogens with two attached hydrogens (primary N) is 1. The number of nitrogens with zero attached hydrogens (tertiary/aromatic N) is 6. The van der Waals surface area contributed by atoms with Crippen LogP contribution in [0.15, 0.2) is 53.3 Å². The third kappa shape index (κ3) is 4.76.